The third-order valence-corrected chi connectivity index (χ3v) is 2.20. The van der Waals surface area contributed by atoms with Crippen LogP contribution in [0.5, 0.6) is 0 Å². The molecule has 6 heteroatoms. The van der Waals surface area contributed by atoms with E-state index in [1.807, 2.05) is 0 Å². The molecule has 0 unspecified atom stereocenters. The third kappa shape index (κ3) is 0.983. The second-order valence-corrected chi connectivity index (χ2v) is 3.08. The van der Waals surface area contributed by atoms with Gasteiger partial charge in [0.15, 0.2) is 0 Å². The zero-order valence-corrected chi connectivity index (χ0v) is 7.44. The molecule has 0 radical (unpaired) electrons. The average molecular weight is 204 g/mol. The monoisotopic (exact) mass is 204 g/mol. The predicted octanol–water partition coefficient (Wildman–Crippen LogP) is 0.710. The first-order chi connectivity index (χ1) is 7.27. The summed E-state index contributed by atoms with van der Waals surface area (Å²) in [5, 5.41) is 5.74. The van der Waals surface area contributed by atoms with Gasteiger partial charge < -0.3 is 0 Å². The number of nitrogens with zero attached hydrogens (tertiary/aromatic N) is 3. The van der Waals surface area contributed by atoms with Crippen LogP contribution in [0.15, 0.2) is 29.1 Å². The molecule has 1 aromatic carbocycles. The maximum atomic E-state index is 13.4. The standard InChI is InChI=1S/C9H5FN4O/c10-7-8-12-13-9(15)14(8)6-4-2-1-3-5(6)11-7/h1-4H,(H,13,15). The molecule has 2 heterocycles. The van der Waals surface area contributed by atoms with E-state index in [-0.39, 0.29) is 5.65 Å². The number of hydrogen-bond acceptors (Lipinski definition) is 3. The lowest BCUT2D eigenvalue weighted by Crippen LogP contribution is -2.11. The summed E-state index contributed by atoms with van der Waals surface area (Å²) in [6.07, 6.45) is 0. The first kappa shape index (κ1) is 8.10. The van der Waals surface area contributed by atoms with Gasteiger partial charge >= 0.3 is 5.69 Å². The molecule has 0 spiro atoms. The summed E-state index contributed by atoms with van der Waals surface area (Å²) >= 11 is 0. The van der Waals surface area contributed by atoms with E-state index in [1.54, 1.807) is 24.3 Å². The molecule has 5 nitrogen and oxygen atoms in total. The zero-order chi connectivity index (χ0) is 10.4. The molecule has 0 aliphatic carbocycles. The highest BCUT2D eigenvalue weighted by molar-refractivity contribution is 5.77. The van der Waals surface area contributed by atoms with Crippen LogP contribution in [0.1, 0.15) is 0 Å². The van der Waals surface area contributed by atoms with Gasteiger partial charge in [-0.25, -0.2) is 19.3 Å². The van der Waals surface area contributed by atoms with Crippen molar-refractivity contribution < 1.29 is 4.39 Å². The van der Waals surface area contributed by atoms with E-state index in [4.69, 9.17) is 0 Å². The van der Waals surface area contributed by atoms with Gasteiger partial charge in [0.05, 0.1) is 11.0 Å². The molecule has 3 aromatic rings. The second kappa shape index (κ2) is 2.63. The Labute approximate surface area is 82.2 Å². The summed E-state index contributed by atoms with van der Waals surface area (Å²) in [6.45, 7) is 0. The van der Waals surface area contributed by atoms with Crippen LogP contribution >= 0.6 is 0 Å². The van der Waals surface area contributed by atoms with Crippen molar-refractivity contribution in [3.05, 3.63) is 40.7 Å². The lowest BCUT2D eigenvalue weighted by Gasteiger charge is -1.99. The topological polar surface area (TPSA) is 63.0 Å². The Morgan fingerprint density at radius 1 is 1.33 bits per heavy atom. The molecule has 0 saturated carbocycles. The van der Waals surface area contributed by atoms with Crippen LogP contribution in [0.25, 0.3) is 16.7 Å². The van der Waals surface area contributed by atoms with Gasteiger partial charge in [-0.3, -0.25) is 0 Å². The lowest BCUT2D eigenvalue weighted by atomic mass is 10.3. The number of halogens is 1. The van der Waals surface area contributed by atoms with Crippen LogP contribution in [-0.4, -0.2) is 19.6 Å². The van der Waals surface area contributed by atoms with Gasteiger partial charge in [0.25, 0.3) is 5.95 Å². The maximum absolute atomic E-state index is 13.4. The van der Waals surface area contributed by atoms with Crippen molar-refractivity contribution in [2.24, 2.45) is 0 Å². The number of hydrogen-bond donors (Lipinski definition) is 1. The first-order valence-electron chi connectivity index (χ1n) is 4.29. The van der Waals surface area contributed by atoms with Crippen LogP contribution in [0, 0.1) is 5.95 Å². The molecular formula is C9H5FN4O. The number of aromatic nitrogens is 4. The van der Waals surface area contributed by atoms with E-state index < -0.39 is 11.6 Å². The van der Waals surface area contributed by atoms with Gasteiger partial charge in [0.2, 0.25) is 5.65 Å². The molecule has 0 amide bonds. The molecule has 0 fully saturated rings. The highest BCUT2D eigenvalue weighted by atomic mass is 19.1. The molecule has 2 aromatic heterocycles. The fourth-order valence-corrected chi connectivity index (χ4v) is 1.56. The highest BCUT2D eigenvalue weighted by Gasteiger charge is 2.11. The fourth-order valence-electron chi connectivity index (χ4n) is 1.56. The maximum Gasteiger partial charge on any atom is 0.348 e. The quantitative estimate of drug-likeness (QED) is 0.586. The Bertz CT molecular complexity index is 715. The summed E-state index contributed by atoms with van der Waals surface area (Å²) in [5.74, 6) is -0.757. The molecule has 0 aliphatic rings. The molecule has 3 rings (SSSR count). The van der Waals surface area contributed by atoms with E-state index in [2.05, 4.69) is 15.2 Å². The Kier molecular flexibility index (Phi) is 1.42. The van der Waals surface area contributed by atoms with E-state index in [9.17, 15) is 9.18 Å². The summed E-state index contributed by atoms with van der Waals surface area (Å²) in [7, 11) is 0. The van der Waals surface area contributed by atoms with Gasteiger partial charge in [0, 0.05) is 0 Å². The van der Waals surface area contributed by atoms with Crippen molar-refractivity contribution in [3.8, 4) is 0 Å². The fraction of sp³-hybridized carbons (Fsp3) is 0. The highest BCUT2D eigenvalue weighted by Crippen LogP contribution is 2.12. The SMILES string of the molecule is O=c1[nH]nc2c(F)nc3ccccc3n12. The van der Waals surface area contributed by atoms with Gasteiger partial charge in [-0.15, -0.1) is 5.10 Å². The van der Waals surface area contributed by atoms with Crippen molar-refractivity contribution in [1.82, 2.24) is 19.6 Å². The van der Waals surface area contributed by atoms with Crippen molar-refractivity contribution in [2.45, 2.75) is 0 Å². The Balaban J connectivity index is 2.74. The Hall–Kier alpha value is -2.24. The van der Waals surface area contributed by atoms with Crippen LogP contribution < -0.4 is 5.69 Å². The Morgan fingerprint density at radius 2 is 2.13 bits per heavy atom. The molecular weight excluding hydrogens is 199 g/mol. The van der Waals surface area contributed by atoms with Crippen molar-refractivity contribution >= 4 is 16.7 Å². The van der Waals surface area contributed by atoms with E-state index in [1.165, 1.54) is 0 Å². The molecule has 1 N–H and O–H groups in total. The number of nitrogens with one attached hydrogen (secondary N) is 1. The normalized spacial score (nSPS) is 11.3. The van der Waals surface area contributed by atoms with Crippen LogP contribution in [0.4, 0.5) is 4.39 Å². The summed E-state index contributed by atoms with van der Waals surface area (Å²) in [4.78, 5) is 15.1. The number of fused-ring (bicyclic) bond motifs is 3. The number of H-pyrrole nitrogens is 1. The smallest absolute Gasteiger partial charge is 0.246 e. The second-order valence-electron chi connectivity index (χ2n) is 3.08. The van der Waals surface area contributed by atoms with Gasteiger partial charge in [-0.1, -0.05) is 12.1 Å². The third-order valence-electron chi connectivity index (χ3n) is 2.20. The Morgan fingerprint density at radius 3 is 3.00 bits per heavy atom. The number of aromatic amines is 1. The van der Waals surface area contributed by atoms with Crippen molar-refractivity contribution in [3.63, 3.8) is 0 Å². The molecule has 0 saturated heterocycles. The van der Waals surface area contributed by atoms with Crippen molar-refractivity contribution in [1.29, 1.82) is 0 Å². The molecule has 0 aliphatic heterocycles. The van der Waals surface area contributed by atoms with E-state index in [0.29, 0.717) is 11.0 Å². The first-order valence-corrected chi connectivity index (χ1v) is 4.29. The van der Waals surface area contributed by atoms with Gasteiger partial charge in [-0.2, -0.15) is 4.39 Å². The average Bonchev–Trinajstić information content (AvgIpc) is 2.62. The van der Waals surface area contributed by atoms with Gasteiger partial charge in [0.1, 0.15) is 0 Å². The van der Waals surface area contributed by atoms with E-state index >= 15 is 0 Å². The van der Waals surface area contributed by atoms with E-state index in [0.717, 1.165) is 4.40 Å². The zero-order valence-electron chi connectivity index (χ0n) is 7.44. The minimum atomic E-state index is -0.757. The van der Waals surface area contributed by atoms with Gasteiger partial charge in [-0.05, 0) is 12.1 Å². The molecule has 74 valence electrons. The molecule has 15 heavy (non-hydrogen) atoms. The lowest BCUT2D eigenvalue weighted by molar-refractivity contribution is 0.591. The largest absolute Gasteiger partial charge is 0.348 e. The van der Waals surface area contributed by atoms with Crippen LogP contribution in [0.2, 0.25) is 0 Å². The summed E-state index contributed by atoms with van der Waals surface area (Å²) in [5.41, 5.74) is 0.403. The van der Waals surface area contributed by atoms with Crippen LogP contribution in [0.3, 0.4) is 0 Å². The minimum Gasteiger partial charge on any atom is -0.246 e. The number of benzene rings is 1. The molecule has 0 atom stereocenters. The number of rotatable bonds is 0. The van der Waals surface area contributed by atoms with Crippen molar-refractivity contribution in [2.75, 3.05) is 0 Å². The predicted molar refractivity (Wildman–Crippen MR) is 51.1 cm³/mol. The van der Waals surface area contributed by atoms with Crippen LogP contribution in [-0.2, 0) is 0 Å². The summed E-state index contributed by atoms with van der Waals surface area (Å²) in [6, 6.07) is 6.80. The summed E-state index contributed by atoms with van der Waals surface area (Å²) < 4.78 is 14.5. The minimum absolute atomic E-state index is 0.0845. The number of para-hydroxylation sites is 2. The molecule has 0 bridgehead atoms.